The molecule has 1 saturated heterocycles. The molecular weight excluding hydrogens is 861 g/mol. The molecule has 3 aromatic carbocycles. The number of rotatable bonds is 7. The molecule has 1 amide bonds. The highest BCUT2D eigenvalue weighted by Crippen LogP contribution is 2.55. The Kier molecular flexibility index (Phi) is 15.9. The van der Waals surface area contributed by atoms with Crippen LogP contribution < -0.4 is 10.1 Å². The molecule has 4 aliphatic heterocycles. The molecule has 0 aromatic heterocycles. The van der Waals surface area contributed by atoms with Crippen LogP contribution >= 0.6 is 0 Å². The number of carbonyl (C=O) groups is 3. The van der Waals surface area contributed by atoms with Crippen molar-refractivity contribution in [1.29, 1.82) is 0 Å². The molecule has 3 aromatic rings. The Bertz CT molecular complexity index is 2480. The van der Waals surface area contributed by atoms with E-state index in [1.54, 1.807) is 44.9 Å². The third kappa shape index (κ3) is 10.7. The quantitative estimate of drug-likeness (QED) is 0.0652. The first-order chi connectivity index (χ1) is 31.8. The van der Waals surface area contributed by atoms with Crippen molar-refractivity contribution in [3.8, 4) is 23.0 Å². The van der Waals surface area contributed by atoms with E-state index in [0.717, 1.165) is 12.1 Å². The SMILES string of the molecule is CO[C@H]1/C=C/O[C@@]2(C)Oc3c(C)c(O)c4c(O)c(c(/C=N\N5CCN(C/C=C/c6ccccc6)CC5)c(O)c4c3C2=O)NC(=O)/C(C)=C\C=C\[C@@H](C)[C@H](O)[C@@H](C)[C@H](O)[C@@H](C)[C@H](OC(C)=O)[C@@H]1C. The summed E-state index contributed by atoms with van der Waals surface area (Å²) in [5.41, 5.74) is 0.718. The molecule has 67 heavy (non-hydrogen) atoms. The number of benzene rings is 3. The number of aromatic hydroxyl groups is 3. The van der Waals surface area contributed by atoms with E-state index >= 15 is 0 Å². The van der Waals surface area contributed by atoms with Crippen LogP contribution in [0.15, 0.2) is 77.6 Å². The van der Waals surface area contributed by atoms with Gasteiger partial charge in [0.05, 0.1) is 53.0 Å². The standard InChI is InChI=1S/C51H64N4O12/c1-28-15-13-16-29(2)50(63)53-41-36(27-52-55-24-22-54(23-25-55)21-14-19-35-17-11-10-12-18-35)45(60)38-39(46(41)61)44(59)33(6)48-40(38)49(62)51(8,67-48)65-26-20-37(64-9)30(3)47(66-34(7)56)32(5)43(58)31(4)42(28)57/h10-20,26-28,30-32,37,42-43,47,57-61H,21-25H2,1-9H3,(H,53,63)/b15-13+,19-14+,26-20+,29-16-,52-27-/t28-,30-,31-,32-,37+,42+,43+,47-,51+/m1/s1. The van der Waals surface area contributed by atoms with E-state index in [1.165, 1.54) is 59.4 Å². The second-order valence-corrected chi connectivity index (χ2v) is 17.9. The Labute approximate surface area is 391 Å². The number of aliphatic hydroxyl groups excluding tert-OH is 2. The smallest absolute Gasteiger partial charge is 0.312 e. The van der Waals surface area contributed by atoms with Crippen molar-refractivity contribution in [3.05, 3.63) is 94.8 Å². The second kappa shape index (κ2) is 21.2. The number of allylic oxidation sites excluding steroid dienone is 2. The zero-order valence-corrected chi connectivity index (χ0v) is 39.6. The molecule has 0 radical (unpaired) electrons. The third-order valence-electron chi connectivity index (χ3n) is 13.2. The molecule has 0 saturated carbocycles. The number of ketones is 1. The molecule has 0 unspecified atom stereocenters. The van der Waals surface area contributed by atoms with Gasteiger partial charge in [-0.3, -0.25) is 24.3 Å². The average Bonchev–Trinajstić information content (AvgIpc) is 3.57. The van der Waals surface area contributed by atoms with E-state index < -0.39 is 88.8 Å². The maximum atomic E-state index is 14.6. The van der Waals surface area contributed by atoms with Gasteiger partial charge in [-0.2, -0.15) is 5.10 Å². The van der Waals surface area contributed by atoms with Gasteiger partial charge < -0.3 is 49.8 Å². The number of phenolic OH excluding ortho intramolecular Hbond substituents is 3. The molecule has 4 aliphatic rings. The van der Waals surface area contributed by atoms with E-state index in [1.807, 2.05) is 30.3 Å². The van der Waals surface area contributed by atoms with Crippen molar-refractivity contribution in [2.24, 2.45) is 28.8 Å². The number of hydrogen-bond donors (Lipinski definition) is 6. The highest BCUT2D eigenvalue weighted by Gasteiger charge is 2.50. The normalized spacial score (nSPS) is 29.7. The summed E-state index contributed by atoms with van der Waals surface area (Å²) in [4.78, 5) is 43.1. The van der Waals surface area contributed by atoms with Crippen LogP contribution in [0.25, 0.3) is 16.8 Å². The molecule has 1 fully saturated rings. The number of amides is 1. The maximum Gasteiger partial charge on any atom is 0.312 e. The topological polar surface area (TPSA) is 220 Å². The number of methoxy groups -OCH3 is 1. The largest absolute Gasteiger partial charge is 0.507 e. The zero-order valence-electron chi connectivity index (χ0n) is 39.6. The molecule has 6 N–H and O–H groups in total. The van der Waals surface area contributed by atoms with Crippen molar-refractivity contribution in [2.75, 3.05) is 45.2 Å². The lowest BCUT2D eigenvalue weighted by Crippen LogP contribution is -2.46. The van der Waals surface area contributed by atoms with Crippen molar-refractivity contribution in [1.82, 2.24) is 9.91 Å². The monoisotopic (exact) mass is 924 g/mol. The summed E-state index contributed by atoms with van der Waals surface area (Å²) in [6.07, 6.45) is 9.03. The molecule has 16 nitrogen and oxygen atoms in total. The van der Waals surface area contributed by atoms with E-state index in [2.05, 4.69) is 27.5 Å². The number of nitrogens with zero attached hydrogens (tertiary/aromatic N) is 3. The number of ether oxygens (including phenoxy) is 4. The molecule has 7 rings (SSSR count). The first kappa shape index (κ1) is 50.2. The number of fused-ring (bicyclic) bond motifs is 14. The third-order valence-corrected chi connectivity index (χ3v) is 13.2. The number of anilines is 1. The van der Waals surface area contributed by atoms with Crippen LogP contribution in [0.1, 0.15) is 75.5 Å². The van der Waals surface area contributed by atoms with Gasteiger partial charge in [0.15, 0.2) is 5.75 Å². The number of Topliss-reactive ketones (excluding diaryl/α,β-unsaturated/α-hetero) is 1. The Morgan fingerprint density at radius 2 is 1.61 bits per heavy atom. The van der Waals surface area contributed by atoms with Gasteiger partial charge in [0.1, 0.15) is 23.4 Å². The summed E-state index contributed by atoms with van der Waals surface area (Å²) >= 11 is 0. The van der Waals surface area contributed by atoms with E-state index in [9.17, 15) is 39.9 Å². The minimum absolute atomic E-state index is 0.0504. The van der Waals surface area contributed by atoms with Gasteiger partial charge in [0.25, 0.3) is 11.7 Å². The average molecular weight is 925 g/mol. The fraction of sp³-hybridized carbons (Fsp3) is 0.451. The summed E-state index contributed by atoms with van der Waals surface area (Å²) in [5, 5.41) is 67.6. The Balaban J connectivity index is 1.43. The zero-order chi connectivity index (χ0) is 48.9. The Morgan fingerprint density at radius 3 is 2.27 bits per heavy atom. The number of carbonyl (C=O) groups excluding carboxylic acids is 3. The van der Waals surface area contributed by atoms with E-state index in [-0.39, 0.29) is 44.5 Å². The lowest BCUT2D eigenvalue weighted by atomic mass is 9.78. The number of hydrazone groups is 1. The Morgan fingerprint density at radius 1 is 0.925 bits per heavy atom. The van der Waals surface area contributed by atoms with Crippen molar-refractivity contribution in [3.63, 3.8) is 0 Å². The minimum Gasteiger partial charge on any atom is -0.507 e. The van der Waals surface area contributed by atoms with Crippen LogP contribution in [-0.4, -0.2) is 129 Å². The van der Waals surface area contributed by atoms with Crippen molar-refractivity contribution < 1.29 is 58.9 Å². The molecule has 0 spiro atoms. The summed E-state index contributed by atoms with van der Waals surface area (Å²) in [6.45, 7) is 15.7. The van der Waals surface area contributed by atoms with Crippen LogP contribution in [0.3, 0.4) is 0 Å². The number of nitrogens with one attached hydrogen (secondary N) is 1. The first-order valence-corrected chi connectivity index (χ1v) is 22.6. The molecule has 0 aliphatic carbocycles. The number of hydrogen-bond acceptors (Lipinski definition) is 15. The van der Waals surface area contributed by atoms with E-state index in [0.29, 0.717) is 26.2 Å². The predicted octanol–water partition coefficient (Wildman–Crippen LogP) is 6.42. The lowest BCUT2D eigenvalue weighted by molar-refractivity contribution is -0.160. The maximum absolute atomic E-state index is 14.6. The second-order valence-electron chi connectivity index (χ2n) is 17.9. The van der Waals surface area contributed by atoms with Crippen LogP contribution in [0.4, 0.5) is 5.69 Å². The lowest BCUT2D eigenvalue weighted by Gasteiger charge is -2.38. The molecule has 9 atom stereocenters. The number of aliphatic hydroxyl groups is 2. The molecule has 16 heteroatoms. The van der Waals surface area contributed by atoms with Gasteiger partial charge in [-0.1, -0.05) is 88.4 Å². The van der Waals surface area contributed by atoms with Gasteiger partial charge in [0.2, 0.25) is 0 Å². The van der Waals surface area contributed by atoms with Gasteiger partial charge in [-0.25, -0.2) is 0 Å². The molecule has 360 valence electrons. The number of phenols is 3. The van der Waals surface area contributed by atoms with Crippen LogP contribution in [0.2, 0.25) is 0 Å². The summed E-state index contributed by atoms with van der Waals surface area (Å²) in [6, 6.07) is 10.0. The molecular formula is C51H64N4O12. The highest BCUT2D eigenvalue weighted by atomic mass is 16.7. The van der Waals surface area contributed by atoms with Gasteiger partial charge in [0, 0.05) is 93.9 Å². The highest BCUT2D eigenvalue weighted by molar-refractivity contribution is 6.23. The van der Waals surface area contributed by atoms with Crippen LogP contribution in [0, 0.1) is 30.6 Å². The fourth-order valence-electron chi connectivity index (χ4n) is 8.95. The predicted molar refractivity (Wildman–Crippen MR) is 255 cm³/mol. The molecule has 4 heterocycles. The van der Waals surface area contributed by atoms with Gasteiger partial charge in [-0.05, 0) is 25.5 Å². The van der Waals surface area contributed by atoms with Gasteiger partial charge >= 0.3 is 11.8 Å². The number of piperazine rings is 1. The summed E-state index contributed by atoms with van der Waals surface area (Å²) in [5.74, 6) is -8.44. The van der Waals surface area contributed by atoms with Crippen LogP contribution in [-0.2, 0) is 23.8 Å². The minimum atomic E-state index is -2.06. The molecule has 5 bridgehead atoms. The first-order valence-electron chi connectivity index (χ1n) is 22.6. The Hall–Kier alpha value is -6.20. The van der Waals surface area contributed by atoms with E-state index in [4.69, 9.17) is 18.9 Å². The van der Waals surface area contributed by atoms with Crippen LogP contribution in [0.5, 0.6) is 23.0 Å². The van der Waals surface area contributed by atoms with Crippen molar-refractivity contribution >= 4 is 46.4 Å². The number of esters is 1. The fourth-order valence-corrected chi connectivity index (χ4v) is 8.95. The summed E-state index contributed by atoms with van der Waals surface area (Å²) < 4.78 is 23.7. The summed E-state index contributed by atoms with van der Waals surface area (Å²) in [7, 11) is 1.44. The van der Waals surface area contributed by atoms with Crippen molar-refractivity contribution in [2.45, 2.75) is 85.6 Å². The van der Waals surface area contributed by atoms with Gasteiger partial charge in [-0.15, -0.1) is 0 Å².